The fourth-order valence-electron chi connectivity index (χ4n) is 9.50. The van der Waals surface area contributed by atoms with Crippen molar-refractivity contribution >= 4 is 103 Å². The first-order valence-electron chi connectivity index (χ1n) is 18.5. The van der Waals surface area contributed by atoms with Crippen molar-refractivity contribution in [3.63, 3.8) is 0 Å². The summed E-state index contributed by atoms with van der Waals surface area (Å²) < 4.78 is 4.92. The van der Waals surface area contributed by atoms with Gasteiger partial charge in [0.05, 0.1) is 33.1 Å². The van der Waals surface area contributed by atoms with Gasteiger partial charge in [-0.2, -0.15) is 0 Å². The van der Waals surface area contributed by atoms with Gasteiger partial charge in [0, 0.05) is 43.3 Å². The molecule has 248 valence electrons. The van der Waals surface area contributed by atoms with Crippen LogP contribution >= 0.6 is 0 Å². The molecule has 0 amide bonds. The molecule has 4 nitrogen and oxygen atoms in total. The first kappa shape index (κ1) is 28.3. The third-order valence-corrected chi connectivity index (χ3v) is 11.8. The molecule has 4 heterocycles. The largest absolute Gasteiger partial charge is 0.308 e. The Morgan fingerprint density at radius 3 is 1.76 bits per heavy atom. The zero-order valence-corrected chi connectivity index (χ0v) is 29.0. The van der Waals surface area contributed by atoms with Crippen LogP contribution in [0.15, 0.2) is 170 Å². The smallest absolute Gasteiger partial charge is 0.162 e. The lowest BCUT2D eigenvalue weighted by molar-refractivity contribution is 1.08. The van der Waals surface area contributed by atoms with Crippen LogP contribution in [0, 0.1) is 0 Å². The van der Waals surface area contributed by atoms with Crippen LogP contribution in [0.5, 0.6) is 0 Å². The summed E-state index contributed by atoms with van der Waals surface area (Å²) in [6.07, 6.45) is 0. The molecular formula is C50H28N4. The normalized spacial score (nSPS) is 12.4. The summed E-state index contributed by atoms with van der Waals surface area (Å²) >= 11 is 0. The zero-order valence-electron chi connectivity index (χ0n) is 29.0. The lowest BCUT2D eigenvalue weighted by Gasteiger charge is -2.15. The SMILES string of the molecule is c1ccc2cc3c(cc2c1)c1cc2c4ccccc4n4c5ccccc5c(c1n3-c1nc(-c3cc5ccccc5c5ccccc35)nc3ccccc13)c24. The summed E-state index contributed by atoms with van der Waals surface area (Å²) in [6.45, 7) is 0. The van der Waals surface area contributed by atoms with Crippen LogP contribution < -0.4 is 0 Å². The van der Waals surface area contributed by atoms with Crippen molar-refractivity contribution in [3.05, 3.63) is 170 Å². The number of hydrogen-bond donors (Lipinski definition) is 0. The molecule has 4 aromatic heterocycles. The fourth-order valence-corrected chi connectivity index (χ4v) is 9.50. The van der Waals surface area contributed by atoms with Crippen molar-refractivity contribution < 1.29 is 0 Å². The first-order valence-corrected chi connectivity index (χ1v) is 18.5. The lowest BCUT2D eigenvalue weighted by Crippen LogP contribution is -2.03. The molecule has 0 atom stereocenters. The minimum atomic E-state index is 0.716. The predicted octanol–water partition coefficient (Wildman–Crippen LogP) is 13.0. The third-order valence-electron chi connectivity index (χ3n) is 11.8. The molecule has 13 aromatic rings. The van der Waals surface area contributed by atoms with Gasteiger partial charge in [-0.25, -0.2) is 9.97 Å². The van der Waals surface area contributed by atoms with Crippen LogP contribution in [0.3, 0.4) is 0 Å². The zero-order chi connectivity index (χ0) is 35.1. The van der Waals surface area contributed by atoms with E-state index in [0.29, 0.717) is 5.82 Å². The Bertz CT molecular complexity index is 3740. The van der Waals surface area contributed by atoms with E-state index in [1.54, 1.807) is 0 Å². The van der Waals surface area contributed by atoms with Gasteiger partial charge in [-0.1, -0.05) is 121 Å². The highest BCUT2D eigenvalue weighted by molar-refractivity contribution is 6.34. The molecule has 4 heteroatoms. The second-order valence-electron chi connectivity index (χ2n) is 14.5. The van der Waals surface area contributed by atoms with E-state index in [1.807, 2.05) is 0 Å². The van der Waals surface area contributed by atoms with Gasteiger partial charge in [-0.3, -0.25) is 4.57 Å². The standard InChI is InChI=1S/C50H28N4/c1-2-14-30-27-45-38(25-29(30)13-1)40-28-39-35-19-8-11-23-43(35)53-44-24-12-9-21-37(44)46(47(39)53)48(40)54(45)50-36-20-7-10-22-42(36)51-49(52-50)41-26-31-15-3-4-16-32(31)33-17-5-6-18-34(33)41/h1-28H. The van der Waals surface area contributed by atoms with E-state index >= 15 is 0 Å². The minimum Gasteiger partial charge on any atom is -0.308 e. The van der Waals surface area contributed by atoms with E-state index in [-0.39, 0.29) is 0 Å². The molecule has 0 aliphatic heterocycles. The number of fused-ring (bicyclic) bond motifs is 15. The van der Waals surface area contributed by atoms with Crippen LogP contribution in [0.25, 0.3) is 120 Å². The number of hydrogen-bond acceptors (Lipinski definition) is 2. The van der Waals surface area contributed by atoms with Crippen LogP contribution in [-0.2, 0) is 0 Å². The highest BCUT2D eigenvalue weighted by atomic mass is 15.1. The molecular weight excluding hydrogens is 657 g/mol. The van der Waals surface area contributed by atoms with E-state index in [1.165, 1.54) is 81.3 Å². The molecule has 0 spiro atoms. The summed E-state index contributed by atoms with van der Waals surface area (Å²) in [6, 6.07) is 61.6. The molecule has 0 bridgehead atoms. The monoisotopic (exact) mass is 684 g/mol. The Morgan fingerprint density at radius 2 is 0.944 bits per heavy atom. The van der Waals surface area contributed by atoms with E-state index in [9.17, 15) is 0 Å². The van der Waals surface area contributed by atoms with Crippen LogP contribution in [0.1, 0.15) is 0 Å². The van der Waals surface area contributed by atoms with Crippen molar-refractivity contribution in [2.45, 2.75) is 0 Å². The maximum absolute atomic E-state index is 5.67. The van der Waals surface area contributed by atoms with Gasteiger partial charge < -0.3 is 4.40 Å². The van der Waals surface area contributed by atoms with Crippen LogP contribution in [-0.4, -0.2) is 18.9 Å². The van der Waals surface area contributed by atoms with E-state index in [4.69, 9.17) is 9.97 Å². The third kappa shape index (κ3) is 3.57. The number of rotatable bonds is 2. The van der Waals surface area contributed by atoms with Crippen LogP contribution in [0.2, 0.25) is 0 Å². The number of nitrogens with zero attached hydrogens (tertiary/aromatic N) is 4. The fraction of sp³-hybridized carbons (Fsp3) is 0. The second kappa shape index (κ2) is 10.2. The topological polar surface area (TPSA) is 35.1 Å². The molecule has 0 fully saturated rings. The average molecular weight is 685 g/mol. The Morgan fingerprint density at radius 1 is 0.352 bits per heavy atom. The van der Waals surface area contributed by atoms with Crippen molar-refractivity contribution in [2.24, 2.45) is 0 Å². The first-order chi connectivity index (χ1) is 26.8. The van der Waals surface area contributed by atoms with Gasteiger partial charge in [-0.15, -0.1) is 0 Å². The quantitative estimate of drug-likeness (QED) is 0.170. The van der Waals surface area contributed by atoms with Gasteiger partial charge in [0.2, 0.25) is 0 Å². The van der Waals surface area contributed by atoms with Gasteiger partial charge in [0.1, 0.15) is 5.82 Å². The minimum absolute atomic E-state index is 0.716. The highest BCUT2D eigenvalue weighted by Gasteiger charge is 2.26. The molecule has 0 saturated heterocycles. The van der Waals surface area contributed by atoms with Gasteiger partial charge in [-0.05, 0) is 80.8 Å². The molecule has 0 radical (unpaired) electrons. The van der Waals surface area contributed by atoms with E-state index in [2.05, 4.69) is 179 Å². The highest BCUT2D eigenvalue weighted by Crippen LogP contribution is 2.47. The summed E-state index contributed by atoms with van der Waals surface area (Å²) in [5, 5.41) is 15.6. The molecule has 0 saturated carbocycles. The maximum Gasteiger partial charge on any atom is 0.162 e. The molecule has 0 N–H and O–H groups in total. The summed E-state index contributed by atoms with van der Waals surface area (Å²) in [4.78, 5) is 11.0. The Balaban J connectivity index is 1.27. The van der Waals surface area contributed by atoms with E-state index in [0.717, 1.165) is 33.2 Å². The molecule has 13 rings (SSSR count). The number of aromatic nitrogens is 4. The van der Waals surface area contributed by atoms with Crippen molar-refractivity contribution in [1.82, 2.24) is 18.9 Å². The number of benzene rings is 9. The summed E-state index contributed by atoms with van der Waals surface area (Å²) in [5.74, 6) is 1.60. The van der Waals surface area contributed by atoms with Crippen molar-refractivity contribution in [2.75, 3.05) is 0 Å². The summed E-state index contributed by atoms with van der Waals surface area (Å²) in [7, 11) is 0. The van der Waals surface area contributed by atoms with Gasteiger partial charge in [0.25, 0.3) is 0 Å². The maximum atomic E-state index is 5.67. The van der Waals surface area contributed by atoms with Crippen LogP contribution in [0.4, 0.5) is 0 Å². The molecule has 54 heavy (non-hydrogen) atoms. The molecule has 0 unspecified atom stereocenters. The van der Waals surface area contributed by atoms with Gasteiger partial charge >= 0.3 is 0 Å². The Kier molecular flexibility index (Phi) is 5.34. The second-order valence-corrected chi connectivity index (χ2v) is 14.5. The summed E-state index contributed by atoms with van der Waals surface area (Å²) in [5.41, 5.74) is 7.93. The van der Waals surface area contributed by atoms with Crippen molar-refractivity contribution in [1.29, 1.82) is 0 Å². The van der Waals surface area contributed by atoms with Crippen molar-refractivity contribution in [3.8, 4) is 17.2 Å². The predicted molar refractivity (Wildman–Crippen MR) is 226 cm³/mol. The lowest BCUT2D eigenvalue weighted by atomic mass is 9.97. The molecule has 0 aliphatic carbocycles. The number of para-hydroxylation sites is 3. The Labute approximate surface area is 308 Å². The van der Waals surface area contributed by atoms with Gasteiger partial charge in [0.15, 0.2) is 5.82 Å². The Hall–Kier alpha value is -7.30. The van der Waals surface area contributed by atoms with E-state index < -0.39 is 0 Å². The average Bonchev–Trinajstić information content (AvgIpc) is 3.86. The molecule has 9 aromatic carbocycles. The molecule has 0 aliphatic rings.